The van der Waals surface area contributed by atoms with Gasteiger partial charge < -0.3 is 14.8 Å². The summed E-state index contributed by atoms with van der Waals surface area (Å²) in [5, 5.41) is 6.99. The summed E-state index contributed by atoms with van der Waals surface area (Å²) in [5.41, 5.74) is 0.894. The third kappa shape index (κ3) is 5.21. The number of benzene rings is 2. The van der Waals surface area contributed by atoms with Gasteiger partial charge in [0.15, 0.2) is 0 Å². The van der Waals surface area contributed by atoms with Crippen LogP contribution in [0.5, 0.6) is 11.5 Å². The molecule has 0 unspecified atom stereocenters. The van der Waals surface area contributed by atoms with E-state index >= 15 is 0 Å². The van der Waals surface area contributed by atoms with Crippen LogP contribution in [0.2, 0.25) is 0 Å². The first kappa shape index (κ1) is 22.7. The van der Waals surface area contributed by atoms with Crippen molar-refractivity contribution in [2.75, 3.05) is 20.8 Å². The van der Waals surface area contributed by atoms with Crippen LogP contribution in [0.15, 0.2) is 48.5 Å². The highest BCUT2D eigenvalue weighted by atomic mass is 19.4. The van der Waals surface area contributed by atoms with E-state index in [-0.39, 0.29) is 17.8 Å². The maximum absolute atomic E-state index is 12.8. The number of nitrogens with one attached hydrogen (secondary N) is 1. The van der Waals surface area contributed by atoms with Gasteiger partial charge in [0, 0.05) is 18.2 Å². The molecule has 3 aromatic rings. The summed E-state index contributed by atoms with van der Waals surface area (Å²) in [7, 11) is 4.70. The monoisotopic (exact) mass is 443 g/mol. The van der Waals surface area contributed by atoms with Crippen LogP contribution in [-0.4, -0.2) is 36.5 Å². The Labute approximate surface area is 183 Å². The lowest BCUT2D eigenvalue weighted by molar-refractivity contribution is -0.137. The maximum Gasteiger partial charge on any atom is 0.416 e. The third-order valence-electron chi connectivity index (χ3n) is 4.56. The van der Waals surface area contributed by atoms with Crippen LogP contribution in [-0.2, 0) is 13.2 Å². The molecule has 0 saturated heterocycles. The minimum atomic E-state index is -4.44. The molecule has 0 spiro atoms. The van der Waals surface area contributed by atoms with Crippen molar-refractivity contribution in [1.29, 1.82) is 0 Å². The second-order valence-corrected chi connectivity index (χ2v) is 6.67. The van der Waals surface area contributed by atoms with Gasteiger partial charge in [0.25, 0.3) is 5.91 Å². The van der Waals surface area contributed by atoms with Crippen molar-refractivity contribution in [3.8, 4) is 34.6 Å². The highest BCUT2D eigenvalue weighted by molar-refractivity contribution is 5.94. The lowest BCUT2D eigenvalue weighted by atomic mass is 10.1. The molecule has 0 radical (unpaired) electrons. The molecule has 1 aromatic heterocycles. The van der Waals surface area contributed by atoms with Crippen molar-refractivity contribution in [3.63, 3.8) is 0 Å². The Balaban J connectivity index is 1.72. The second kappa shape index (κ2) is 9.47. The summed E-state index contributed by atoms with van der Waals surface area (Å²) < 4.78 is 50.3. The van der Waals surface area contributed by atoms with E-state index in [1.165, 1.54) is 23.9 Å². The molecule has 2 aromatic carbocycles. The van der Waals surface area contributed by atoms with Crippen molar-refractivity contribution >= 4 is 5.91 Å². The zero-order valence-corrected chi connectivity index (χ0v) is 17.6. The number of hydrogen-bond donors (Lipinski definition) is 1. The summed E-state index contributed by atoms with van der Waals surface area (Å²) in [5.74, 6) is 6.04. The van der Waals surface area contributed by atoms with Crippen LogP contribution >= 0.6 is 0 Å². The average molecular weight is 443 g/mol. The molecule has 1 amide bonds. The fourth-order valence-corrected chi connectivity index (χ4v) is 2.96. The molecule has 1 N–H and O–H groups in total. The molecule has 0 fully saturated rings. The normalized spacial score (nSPS) is 10.8. The van der Waals surface area contributed by atoms with Crippen molar-refractivity contribution in [2.45, 2.75) is 6.18 Å². The minimum Gasteiger partial charge on any atom is -0.497 e. The van der Waals surface area contributed by atoms with E-state index in [2.05, 4.69) is 22.3 Å². The van der Waals surface area contributed by atoms with Gasteiger partial charge in [-0.1, -0.05) is 17.9 Å². The van der Waals surface area contributed by atoms with Crippen LogP contribution in [0.1, 0.15) is 21.6 Å². The van der Waals surface area contributed by atoms with Crippen LogP contribution in [0.4, 0.5) is 13.2 Å². The Morgan fingerprint density at radius 2 is 1.91 bits per heavy atom. The Kier molecular flexibility index (Phi) is 6.73. The molecule has 0 saturated carbocycles. The fourth-order valence-electron chi connectivity index (χ4n) is 2.96. The summed E-state index contributed by atoms with van der Waals surface area (Å²) in [6.45, 7) is -0.0436. The number of aryl methyl sites for hydroxylation is 1. The van der Waals surface area contributed by atoms with E-state index in [1.807, 2.05) is 0 Å². The first-order chi connectivity index (χ1) is 15.2. The molecular formula is C23H20F3N3O3. The minimum absolute atomic E-state index is 0.0436. The van der Waals surface area contributed by atoms with Gasteiger partial charge in [0.1, 0.15) is 17.2 Å². The predicted octanol–water partition coefficient (Wildman–Crippen LogP) is 3.90. The first-order valence-electron chi connectivity index (χ1n) is 9.43. The van der Waals surface area contributed by atoms with Gasteiger partial charge in [-0.25, -0.2) is 0 Å². The summed E-state index contributed by atoms with van der Waals surface area (Å²) in [4.78, 5) is 12.5. The number of hydrogen-bond acceptors (Lipinski definition) is 4. The zero-order chi connectivity index (χ0) is 23.3. The lowest BCUT2D eigenvalue weighted by Crippen LogP contribution is -2.25. The van der Waals surface area contributed by atoms with Crippen molar-refractivity contribution < 1.29 is 27.4 Å². The summed E-state index contributed by atoms with van der Waals surface area (Å²) in [6.07, 6.45) is -4.44. The zero-order valence-electron chi connectivity index (χ0n) is 17.6. The molecule has 6 nitrogen and oxygen atoms in total. The molecule has 9 heteroatoms. The van der Waals surface area contributed by atoms with Crippen molar-refractivity contribution in [1.82, 2.24) is 15.1 Å². The van der Waals surface area contributed by atoms with E-state index in [1.54, 1.807) is 38.4 Å². The molecule has 32 heavy (non-hydrogen) atoms. The van der Waals surface area contributed by atoms with Gasteiger partial charge in [-0.05, 0) is 42.5 Å². The number of amides is 1. The average Bonchev–Trinajstić information content (AvgIpc) is 3.17. The number of nitrogens with zero attached hydrogens (tertiary/aromatic N) is 2. The second-order valence-electron chi connectivity index (χ2n) is 6.67. The molecule has 3 rings (SSSR count). The molecule has 0 bridgehead atoms. The number of halogens is 3. The molecular weight excluding hydrogens is 423 g/mol. The molecule has 1 heterocycles. The van der Waals surface area contributed by atoms with E-state index in [9.17, 15) is 18.0 Å². The Morgan fingerprint density at radius 1 is 1.12 bits per heavy atom. The van der Waals surface area contributed by atoms with Crippen LogP contribution < -0.4 is 14.8 Å². The van der Waals surface area contributed by atoms with Gasteiger partial charge >= 0.3 is 6.18 Å². The van der Waals surface area contributed by atoms with Crippen LogP contribution in [0.25, 0.3) is 11.3 Å². The number of carbonyl (C=O) groups excluding carboxylic acids is 1. The van der Waals surface area contributed by atoms with Gasteiger partial charge in [-0.2, -0.15) is 18.3 Å². The SMILES string of the molecule is COc1ccc(OC)c(-c2cc(C(=O)NCC#Cc3cccc(C(F)(F)F)c3)n(C)n2)c1. The third-order valence-corrected chi connectivity index (χ3v) is 4.56. The quantitative estimate of drug-likeness (QED) is 0.608. The Morgan fingerprint density at radius 3 is 2.59 bits per heavy atom. The summed E-state index contributed by atoms with van der Waals surface area (Å²) in [6, 6.07) is 11.5. The highest BCUT2D eigenvalue weighted by Gasteiger charge is 2.30. The van der Waals surface area contributed by atoms with Crippen LogP contribution in [0.3, 0.4) is 0 Å². The number of alkyl halides is 3. The van der Waals surface area contributed by atoms with Crippen molar-refractivity contribution in [2.24, 2.45) is 7.05 Å². The largest absolute Gasteiger partial charge is 0.497 e. The highest BCUT2D eigenvalue weighted by Crippen LogP contribution is 2.33. The molecule has 0 aliphatic rings. The number of ether oxygens (including phenoxy) is 2. The molecule has 166 valence electrons. The smallest absolute Gasteiger partial charge is 0.416 e. The molecule has 0 atom stereocenters. The lowest BCUT2D eigenvalue weighted by Gasteiger charge is -2.08. The number of aromatic nitrogens is 2. The number of carbonyl (C=O) groups is 1. The van der Waals surface area contributed by atoms with Gasteiger partial charge in [-0.3, -0.25) is 9.48 Å². The van der Waals surface area contributed by atoms with Crippen molar-refractivity contribution in [3.05, 3.63) is 65.4 Å². The van der Waals surface area contributed by atoms with E-state index in [4.69, 9.17) is 9.47 Å². The maximum atomic E-state index is 12.8. The standard InChI is InChI=1S/C23H20F3N3O3/c1-29-20(14-19(28-29)18-13-17(31-2)9-10-21(18)32-3)22(30)27-11-5-7-15-6-4-8-16(12-15)23(24,25)26/h4,6,8-10,12-14H,11H2,1-3H3,(H,27,30). The predicted molar refractivity (Wildman–Crippen MR) is 112 cm³/mol. The Hall–Kier alpha value is -3.93. The summed E-state index contributed by atoms with van der Waals surface area (Å²) >= 11 is 0. The van der Waals surface area contributed by atoms with Crippen LogP contribution in [0, 0.1) is 11.8 Å². The van der Waals surface area contributed by atoms with E-state index in [0.29, 0.717) is 22.8 Å². The fraction of sp³-hybridized carbons (Fsp3) is 0.217. The first-order valence-corrected chi connectivity index (χ1v) is 9.43. The van der Waals surface area contributed by atoms with Gasteiger partial charge in [0.05, 0.1) is 32.0 Å². The molecule has 0 aliphatic heterocycles. The number of methoxy groups -OCH3 is 2. The van der Waals surface area contributed by atoms with E-state index < -0.39 is 17.6 Å². The number of rotatable bonds is 5. The van der Waals surface area contributed by atoms with Gasteiger partial charge in [-0.15, -0.1) is 0 Å². The Bertz CT molecular complexity index is 1190. The topological polar surface area (TPSA) is 65.4 Å². The molecule has 0 aliphatic carbocycles. The van der Waals surface area contributed by atoms with E-state index in [0.717, 1.165) is 12.1 Å². The van der Waals surface area contributed by atoms with Gasteiger partial charge in [0.2, 0.25) is 0 Å².